The second-order valence-electron chi connectivity index (χ2n) is 8.74. The van der Waals surface area contributed by atoms with E-state index in [9.17, 15) is 14.4 Å². The number of halogens is 1. The van der Waals surface area contributed by atoms with Crippen LogP contribution >= 0.6 is 11.6 Å². The van der Waals surface area contributed by atoms with Gasteiger partial charge in [-0.2, -0.15) is 0 Å². The first-order valence-electron chi connectivity index (χ1n) is 11.4. The van der Waals surface area contributed by atoms with Gasteiger partial charge in [0.15, 0.2) is 0 Å². The van der Waals surface area contributed by atoms with Crippen molar-refractivity contribution in [1.82, 2.24) is 9.88 Å². The van der Waals surface area contributed by atoms with E-state index in [-0.39, 0.29) is 30.3 Å². The van der Waals surface area contributed by atoms with Crippen molar-refractivity contribution < 1.29 is 14.4 Å². The van der Waals surface area contributed by atoms with Gasteiger partial charge in [0, 0.05) is 31.4 Å². The molecule has 172 valence electrons. The number of amides is 3. The normalized spacial score (nSPS) is 19.8. The molecule has 0 bridgehead atoms. The molecule has 3 aliphatic heterocycles. The van der Waals surface area contributed by atoms with Crippen molar-refractivity contribution in [2.45, 2.75) is 38.1 Å². The molecule has 9 heteroatoms. The minimum atomic E-state index is -0.357. The van der Waals surface area contributed by atoms with Crippen molar-refractivity contribution in [3.8, 4) is 0 Å². The summed E-state index contributed by atoms with van der Waals surface area (Å²) in [5.41, 5.74) is 2.06. The third kappa shape index (κ3) is 4.27. The van der Waals surface area contributed by atoms with Gasteiger partial charge >= 0.3 is 0 Å². The van der Waals surface area contributed by atoms with Crippen molar-refractivity contribution in [1.29, 1.82) is 0 Å². The molecule has 1 N–H and O–H groups in total. The van der Waals surface area contributed by atoms with E-state index >= 15 is 0 Å². The number of piperidine rings is 1. The third-order valence-electron chi connectivity index (χ3n) is 6.57. The van der Waals surface area contributed by atoms with Gasteiger partial charge in [-0.3, -0.25) is 19.3 Å². The maximum atomic E-state index is 13.5. The second-order valence-corrected chi connectivity index (χ2v) is 9.18. The average Bonchev–Trinajstić information content (AvgIpc) is 3.37. The van der Waals surface area contributed by atoms with Gasteiger partial charge in [-0.1, -0.05) is 11.6 Å². The highest BCUT2D eigenvalue weighted by molar-refractivity contribution is 6.30. The number of benzene rings is 1. The van der Waals surface area contributed by atoms with Crippen LogP contribution in [0.5, 0.6) is 0 Å². The first-order valence-corrected chi connectivity index (χ1v) is 11.8. The van der Waals surface area contributed by atoms with E-state index in [1.54, 1.807) is 18.2 Å². The summed E-state index contributed by atoms with van der Waals surface area (Å²) < 4.78 is 0. The summed E-state index contributed by atoms with van der Waals surface area (Å²) in [6.45, 7) is 2.14. The van der Waals surface area contributed by atoms with Crippen LogP contribution in [-0.4, -0.2) is 59.8 Å². The standard InChI is InChI=1S/C24H26ClN5O3/c25-17-7-9-21(26-14-17)27-22(31)15-30-20-13-16(23(32)28-10-3-4-11-28)6-8-18(20)29-12-2-1-5-19(29)24(30)33/h6-9,13-14,19H,1-5,10-12,15H2,(H,26,27,31)/t19-/m0/s1. The Bertz CT molecular complexity index is 1080. The van der Waals surface area contributed by atoms with Crippen LogP contribution in [0.15, 0.2) is 36.5 Å². The van der Waals surface area contributed by atoms with E-state index in [0.717, 1.165) is 57.4 Å². The maximum Gasteiger partial charge on any atom is 0.253 e. The molecule has 8 nitrogen and oxygen atoms in total. The first-order chi connectivity index (χ1) is 16.0. The van der Waals surface area contributed by atoms with E-state index < -0.39 is 0 Å². The number of carbonyl (C=O) groups excluding carboxylic acids is 3. The molecule has 2 fully saturated rings. The summed E-state index contributed by atoms with van der Waals surface area (Å²) in [5, 5.41) is 3.20. The lowest BCUT2D eigenvalue weighted by atomic mass is 9.95. The first kappa shape index (κ1) is 21.7. The molecule has 5 rings (SSSR count). The van der Waals surface area contributed by atoms with Gasteiger partial charge in [-0.15, -0.1) is 0 Å². The molecule has 1 atom stereocenters. The van der Waals surface area contributed by atoms with E-state index in [2.05, 4.69) is 15.2 Å². The molecule has 0 aliphatic carbocycles. The Hall–Kier alpha value is -3.13. The number of pyridine rings is 1. The maximum absolute atomic E-state index is 13.5. The van der Waals surface area contributed by atoms with Crippen molar-refractivity contribution >= 4 is 46.5 Å². The predicted molar refractivity (Wildman–Crippen MR) is 127 cm³/mol. The summed E-state index contributed by atoms with van der Waals surface area (Å²) in [7, 11) is 0. The fraction of sp³-hybridized carbons (Fsp3) is 0.417. The number of carbonyl (C=O) groups is 3. The van der Waals surface area contributed by atoms with Crippen LogP contribution in [-0.2, 0) is 9.59 Å². The largest absolute Gasteiger partial charge is 0.358 e. The van der Waals surface area contributed by atoms with Crippen molar-refractivity contribution in [3.63, 3.8) is 0 Å². The number of hydrogen-bond acceptors (Lipinski definition) is 5. The number of nitrogens with one attached hydrogen (secondary N) is 1. The summed E-state index contributed by atoms with van der Waals surface area (Å²) >= 11 is 5.87. The fourth-order valence-electron chi connectivity index (χ4n) is 4.93. The van der Waals surface area contributed by atoms with Crippen LogP contribution in [0.25, 0.3) is 0 Å². The summed E-state index contributed by atoms with van der Waals surface area (Å²) in [4.78, 5) is 48.9. The van der Waals surface area contributed by atoms with Crippen LogP contribution in [0.4, 0.5) is 17.2 Å². The monoisotopic (exact) mass is 467 g/mol. The van der Waals surface area contributed by atoms with Crippen molar-refractivity contribution in [2.24, 2.45) is 0 Å². The lowest BCUT2D eigenvalue weighted by Gasteiger charge is -2.45. The quantitative estimate of drug-likeness (QED) is 0.745. The molecule has 0 unspecified atom stereocenters. The molecule has 1 aromatic carbocycles. The van der Waals surface area contributed by atoms with E-state index in [1.165, 1.54) is 11.1 Å². The predicted octanol–water partition coefficient (Wildman–Crippen LogP) is 3.32. The Morgan fingerprint density at radius 1 is 1.03 bits per heavy atom. The second kappa shape index (κ2) is 9.02. The Balaban J connectivity index is 1.45. The molecule has 0 spiro atoms. The number of nitrogens with zero attached hydrogens (tertiary/aromatic N) is 4. The third-order valence-corrected chi connectivity index (χ3v) is 6.79. The highest BCUT2D eigenvalue weighted by Gasteiger charge is 2.40. The van der Waals surface area contributed by atoms with E-state index in [0.29, 0.717) is 22.1 Å². The van der Waals surface area contributed by atoms with Crippen LogP contribution in [0.3, 0.4) is 0 Å². The number of aromatic nitrogens is 1. The van der Waals surface area contributed by atoms with Gasteiger partial charge in [-0.25, -0.2) is 4.98 Å². The van der Waals surface area contributed by atoms with Crippen molar-refractivity contribution in [3.05, 3.63) is 47.1 Å². The average molecular weight is 468 g/mol. The zero-order valence-electron chi connectivity index (χ0n) is 18.3. The molecule has 3 aliphatic rings. The Labute approximate surface area is 197 Å². The molecule has 1 aromatic heterocycles. The van der Waals surface area contributed by atoms with Gasteiger partial charge < -0.3 is 15.1 Å². The SMILES string of the molecule is O=C(CN1C(=O)[C@@H]2CCCCN2c2ccc(C(=O)N3CCCC3)cc21)Nc1ccc(Cl)cn1. The number of fused-ring (bicyclic) bond motifs is 3. The molecule has 0 radical (unpaired) electrons. The molecule has 2 aromatic rings. The Morgan fingerprint density at radius 2 is 1.82 bits per heavy atom. The molecular formula is C24H26ClN5O3. The molecule has 4 heterocycles. The van der Waals surface area contributed by atoms with Crippen LogP contribution in [0.1, 0.15) is 42.5 Å². The van der Waals surface area contributed by atoms with Crippen LogP contribution in [0, 0.1) is 0 Å². The smallest absolute Gasteiger partial charge is 0.253 e. The van der Waals surface area contributed by atoms with E-state index in [4.69, 9.17) is 11.6 Å². The van der Waals surface area contributed by atoms with Gasteiger partial charge in [0.2, 0.25) is 11.8 Å². The lowest BCUT2D eigenvalue weighted by Crippen LogP contribution is -2.56. The molecule has 3 amide bonds. The molecule has 2 saturated heterocycles. The van der Waals surface area contributed by atoms with Gasteiger partial charge in [-0.05, 0) is 62.4 Å². The number of hydrogen-bond donors (Lipinski definition) is 1. The van der Waals surface area contributed by atoms with Gasteiger partial charge in [0.05, 0.1) is 16.4 Å². The van der Waals surface area contributed by atoms with Gasteiger partial charge in [0.1, 0.15) is 18.4 Å². The lowest BCUT2D eigenvalue weighted by molar-refractivity contribution is -0.123. The Kier molecular flexibility index (Phi) is 5.93. The van der Waals surface area contributed by atoms with E-state index in [1.807, 2.05) is 17.0 Å². The summed E-state index contributed by atoms with van der Waals surface area (Å²) in [6, 6.07) is 8.51. The highest BCUT2D eigenvalue weighted by atomic mass is 35.5. The van der Waals surface area contributed by atoms with Gasteiger partial charge in [0.25, 0.3) is 5.91 Å². The summed E-state index contributed by atoms with van der Waals surface area (Å²) in [6.07, 6.45) is 6.21. The number of anilines is 3. The zero-order valence-corrected chi connectivity index (χ0v) is 19.1. The Morgan fingerprint density at radius 3 is 2.58 bits per heavy atom. The van der Waals surface area contributed by atoms with Crippen molar-refractivity contribution in [2.75, 3.05) is 41.3 Å². The fourth-order valence-corrected chi connectivity index (χ4v) is 5.04. The minimum absolute atomic E-state index is 0.0294. The topological polar surface area (TPSA) is 85.9 Å². The van der Waals surface area contributed by atoms with Crippen LogP contribution < -0.4 is 15.1 Å². The minimum Gasteiger partial charge on any atom is -0.358 e. The molecular weight excluding hydrogens is 442 g/mol. The van der Waals surface area contributed by atoms with Crippen LogP contribution in [0.2, 0.25) is 5.02 Å². The molecule has 33 heavy (non-hydrogen) atoms. The number of likely N-dealkylation sites (tertiary alicyclic amines) is 1. The number of rotatable bonds is 4. The highest BCUT2D eigenvalue weighted by Crippen LogP contribution is 2.40. The molecule has 0 saturated carbocycles. The zero-order chi connectivity index (χ0) is 22.9. The summed E-state index contributed by atoms with van der Waals surface area (Å²) in [5.74, 6) is -0.124.